The maximum absolute atomic E-state index is 12.5. The third kappa shape index (κ3) is 3.44. The first kappa shape index (κ1) is 14.5. The first-order valence-electron chi connectivity index (χ1n) is 7.25. The van der Waals surface area contributed by atoms with Gasteiger partial charge in [-0.05, 0) is 25.0 Å². The highest BCUT2D eigenvalue weighted by molar-refractivity contribution is 7.13. The number of benzene rings is 1. The van der Waals surface area contributed by atoms with Gasteiger partial charge >= 0.3 is 0 Å². The van der Waals surface area contributed by atoms with Gasteiger partial charge in [-0.25, -0.2) is 4.98 Å². The summed E-state index contributed by atoms with van der Waals surface area (Å²) in [5.41, 5.74) is 1.56. The minimum absolute atomic E-state index is 0.0633. The first-order chi connectivity index (χ1) is 10.2. The molecule has 0 atom stereocenters. The highest BCUT2D eigenvalue weighted by Gasteiger charge is 2.20. The average Bonchev–Trinajstić information content (AvgIpc) is 2.83. The smallest absolute Gasteiger partial charge is 0.273 e. The molecule has 0 unspecified atom stereocenters. The summed E-state index contributed by atoms with van der Waals surface area (Å²) < 4.78 is 0. The van der Waals surface area contributed by atoms with E-state index >= 15 is 0 Å². The second kappa shape index (κ2) is 6.58. The molecule has 0 saturated carbocycles. The van der Waals surface area contributed by atoms with Gasteiger partial charge in [0.05, 0.1) is 0 Å². The van der Waals surface area contributed by atoms with Crippen LogP contribution in [0.5, 0.6) is 0 Å². The molecule has 1 amide bonds. The van der Waals surface area contributed by atoms with Gasteiger partial charge < -0.3 is 4.90 Å². The Hall–Kier alpha value is -1.39. The molecule has 21 heavy (non-hydrogen) atoms. The molecule has 1 aliphatic heterocycles. The molecule has 0 bridgehead atoms. The van der Waals surface area contributed by atoms with Crippen LogP contribution in [0.25, 0.3) is 10.6 Å². The summed E-state index contributed by atoms with van der Waals surface area (Å²) in [6.07, 6.45) is 4.63. The third-order valence-electron chi connectivity index (χ3n) is 3.71. The number of likely N-dealkylation sites (tertiary alicyclic amines) is 1. The molecule has 1 aliphatic rings. The van der Waals surface area contributed by atoms with Crippen molar-refractivity contribution in [2.75, 3.05) is 13.1 Å². The van der Waals surface area contributed by atoms with Crippen molar-refractivity contribution in [2.24, 2.45) is 0 Å². The van der Waals surface area contributed by atoms with Crippen LogP contribution in [0.4, 0.5) is 0 Å². The highest BCUT2D eigenvalue weighted by Crippen LogP contribution is 2.26. The van der Waals surface area contributed by atoms with Crippen molar-refractivity contribution in [2.45, 2.75) is 25.7 Å². The van der Waals surface area contributed by atoms with Crippen molar-refractivity contribution in [3.8, 4) is 10.6 Å². The van der Waals surface area contributed by atoms with E-state index in [2.05, 4.69) is 4.98 Å². The van der Waals surface area contributed by atoms with Gasteiger partial charge in [0.25, 0.3) is 5.91 Å². The fraction of sp³-hybridized carbons (Fsp3) is 0.375. The molecule has 1 aromatic carbocycles. The SMILES string of the molecule is O=C(c1csc(-c2ccc(Cl)cc2)n1)N1CCCCCC1. The number of rotatable bonds is 2. The predicted octanol–water partition coefficient (Wildman–Crippen LogP) is 4.48. The van der Waals surface area contributed by atoms with Crippen molar-refractivity contribution in [1.29, 1.82) is 0 Å². The largest absolute Gasteiger partial charge is 0.337 e. The summed E-state index contributed by atoms with van der Waals surface area (Å²) in [5, 5.41) is 3.43. The fourth-order valence-corrected chi connectivity index (χ4v) is 3.46. The Morgan fingerprint density at radius 3 is 2.43 bits per heavy atom. The van der Waals surface area contributed by atoms with Gasteiger partial charge in [0.15, 0.2) is 0 Å². The molecule has 1 fully saturated rings. The second-order valence-corrected chi connectivity index (χ2v) is 6.55. The van der Waals surface area contributed by atoms with Crippen LogP contribution in [0.3, 0.4) is 0 Å². The Bertz CT molecular complexity index is 615. The molecule has 2 heterocycles. The van der Waals surface area contributed by atoms with Crippen LogP contribution in [-0.4, -0.2) is 28.9 Å². The van der Waals surface area contributed by atoms with Crippen LogP contribution < -0.4 is 0 Å². The van der Waals surface area contributed by atoms with E-state index in [-0.39, 0.29) is 5.91 Å². The molecule has 110 valence electrons. The second-order valence-electron chi connectivity index (χ2n) is 5.25. The lowest BCUT2D eigenvalue weighted by Crippen LogP contribution is -2.32. The fourth-order valence-electron chi connectivity index (χ4n) is 2.53. The normalized spacial score (nSPS) is 15.8. The van der Waals surface area contributed by atoms with E-state index in [1.54, 1.807) is 0 Å². The van der Waals surface area contributed by atoms with E-state index < -0.39 is 0 Å². The van der Waals surface area contributed by atoms with Crippen molar-refractivity contribution >= 4 is 28.8 Å². The van der Waals surface area contributed by atoms with Crippen LogP contribution in [0, 0.1) is 0 Å². The van der Waals surface area contributed by atoms with Crippen molar-refractivity contribution in [1.82, 2.24) is 9.88 Å². The number of carbonyl (C=O) groups is 1. The maximum atomic E-state index is 12.5. The Morgan fingerprint density at radius 1 is 1.10 bits per heavy atom. The van der Waals surface area contributed by atoms with Gasteiger partial charge in [0, 0.05) is 29.1 Å². The molecular weight excluding hydrogens is 304 g/mol. The van der Waals surface area contributed by atoms with E-state index in [9.17, 15) is 4.79 Å². The summed E-state index contributed by atoms with van der Waals surface area (Å²) in [5.74, 6) is 0.0633. The van der Waals surface area contributed by atoms with E-state index in [4.69, 9.17) is 11.6 Å². The zero-order valence-electron chi connectivity index (χ0n) is 11.7. The first-order valence-corrected chi connectivity index (χ1v) is 8.50. The summed E-state index contributed by atoms with van der Waals surface area (Å²) in [7, 11) is 0. The Labute approximate surface area is 133 Å². The van der Waals surface area contributed by atoms with Crippen LogP contribution in [0.1, 0.15) is 36.2 Å². The summed E-state index contributed by atoms with van der Waals surface area (Å²) in [6, 6.07) is 7.55. The van der Waals surface area contributed by atoms with Gasteiger partial charge in [0.2, 0.25) is 0 Å². The van der Waals surface area contributed by atoms with Gasteiger partial charge in [-0.15, -0.1) is 11.3 Å². The summed E-state index contributed by atoms with van der Waals surface area (Å²) in [6.45, 7) is 1.71. The number of thiazole rings is 1. The summed E-state index contributed by atoms with van der Waals surface area (Å²) >= 11 is 7.40. The highest BCUT2D eigenvalue weighted by atomic mass is 35.5. The van der Waals surface area contributed by atoms with Crippen LogP contribution >= 0.6 is 22.9 Å². The molecule has 0 spiro atoms. The van der Waals surface area contributed by atoms with Gasteiger partial charge in [-0.3, -0.25) is 4.79 Å². The Kier molecular flexibility index (Phi) is 4.56. The zero-order chi connectivity index (χ0) is 14.7. The number of hydrogen-bond donors (Lipinski definition) is 0. The average molecular weight is 321 g/mol. The molecule has 1 saturated heterocycles. The summed E-state index contributed by atoms with van der Waals surface area (Å²) in [4.78, 5) is 18.9. The van der Waals surface area contributed by atoms with E-state index in [1.807, 2.05) is 34.5 Å². The quantitative estimate of drug-likeness (QED) is 0.817. The minimum atomic E-state index is 0.0633. The molecule has 1 aromatic heterocycles. The molecule has 5 heteroatoms. The topological polar surface area (TPSA) is 33.2 Å². The lowest BCUT2D eigenvalue weighted by Gasteiger charge is -2.18. The van der Waals surface area contributed by atoms with Crippen LogP contribution in [-0.2, 0) is 0 Å². The Morgan fingerprint density at radius 2 is 1.76 bits per heavy atom. The lowest BCUT2D eigenvalue weighted by molar-refractivity contribution is 0.0756. The number of aromatic nitrogens is 1. The predicted molar refractivity (Wildman–Crippen MR) is 86.9 cm³/mol. The van der Waals surface area contributed by atoms with E-state index in [0.29, 0.717) is 10.7 Å². The van der Waals surface area contributed by atoms with Crippen LogP contribution in [0.2, 0.25) is 5.02 Å². The zero-order valence-corrected chi connectivity index (χ0v) is 13.3. The molecule has 0 radical (unpaired) electrons. The van der Waals surface area contributed by atoms with Crippen LogP contribution in [0.15, 0.2) is 29.6 Å². The lowest BCUT2D eigenvalue weighted by atomic mass is 10.2. The molecule has 2 aromatic rings. The maximum Gasteiger partial charge on any atom is 0.273 e. The van der Waals surface area contributed by atoms with E-state index in [0.717, 1.165) is 36.5 Å². The number of carbonyl (C=O) groups excluding carboxylic acids is 1. The molecule has 0 N–H and O–H groups in total. The molecular formula is C16H17ClN2OS. The third-order valence-corrected chi connectivity index (χ3v) is 4.85. The minimum Gasteiger partial charge on any atom is -0.337 e. The molecule has 3 nitrogen and oxygen atoms in total. The number of halogens is 1. The van der Waals surface area contributed by atoms with Crippen molar-refractivity contribution in [3.63, 3.8) is 0 Å². The van der Waals surface area contributed by atoms with E-state index in [1.165, 1.54) is 24.2 Å². The van der Waals surface area contributed by atoms with Gasteiger partial charge in [-0.2, -0.15) is 0 Å². The molecule has 0 aliphatic carbocycles. The number of amides is 1. The standard InChI is InChI=1S/C16H17ClN2OS/c17-13-7-5-12(6-8-13)15-18-14(11-21-15)16(20)19-9-3-1-2-4-10-19/h5-8,11H,1-4,9-10H2. The number of hydrogen-bond acceptors (Lipinski definition) is 3. The monoisotopic (exact) mass is 320 g/mol. The van der Waals surface area contributed by atoms with Gasteiger partial charge in [0.1, 0.15) is 10.7 Å². The van der Waals surface area contributed by atoms with Crippen molar-refractivity contribution in [3.05, 3.63) is 40.4 Å². The number of nitrogens with zero attached hydrogens (tertiary/aromatic N) is 2. The Balaban J connectivity index is 1.77. The molecule has 3 rings (SSSR count). The van der Waals surface area contributed by atoms with Gasteiger partial charge in [-0.1, -0.05) is 36.6 Å². The van der Waals surface area contributed by atoms with Crippen molar-refractivity contribution < 1.29 is 4.79 Å².